The molecule has 4 aromatic rings. The highest BCUT2D eigenvalue weighted by Gasteiger charge is 2.13. The van der Waals surface area contributed by atoms with Gasteiger partial charge in [-0.15, -0.1) is 0 Å². The van der Waals surface area contributed by atoms with E-state index in [1.807, 2.05) is 66.7 Å². The van der Waals surface area contributed by atoms with Crippen LogP contribution >= 0.6 is 0 Å². The molecule has 5 heteroatoms. The summed E-state index contributed by atoms with van der Waals surface area (Å²) in [4.78, 5) is 24.9. The molecule has 0 spiro atoms. The van der Waals surface area contributed by atoms with Gasteiger partial charge in [0.25, 0.3) is 0 Å². The minimum atomic E-state index is -0.455. The Morgan fingerprint density at radius 2 is 0.946 bits per heavy atom. The Morgan fingerprint density at radius 3 is 1.35 bits per heavy atom. The fourth-order valence-corrected chi connectivity index (χ4v) is 3.79. The lowest BCUT2D eigenvalue weighted by Crippen LogP contribution is -2.10. The molecule has 0 radical (unpaired) electrons. The van der Waals surface area contributed by atoms with Crippen molar-refractivity contribution in [2.24, 2.45) is 0 Å². The standard InChI is InChI=1S/C32H27NO4/c1-3-31(34)36-22-24-10-16-28(17-11-24)33(29-18-12-25(13-19-29)23-37-32(35)4-2)30-20-14-27(15-21-30)26-8-6-5-7-9-26/h3-21H,1-2,22-23H2. The summed E-state index contributed by atoms with van der Waals surface area (Å²) in [5.41, 5.74) is 6.89. The van der Waals surface area contributed by atoms with Gasteiger partial charge in [-0.2, -0.15) is 0 Å². The topological polar surface area (TPSA) is 55.8 Å². The van der Waals surface area contributed by atoms with Crippen LogP contribution < -0.4 is 4.90 Å². The van der Waals surface area contributed by atoms with Crippen molar-refractivity contribution in [2.75, 3.05) is 4.90 Å². The molecule has 0 amide bonds. The molecule has 5 nitrogen and oxygen atoms in total. The highest BCUT2D eigenvalue weighted by Crippen LogP contribution is 2.36. The summed E-state index contributed by atoms with van der Waals surface area (Å²) in [5, 5.41) is 0. The van der Waals surface area contributed by atoms with Crippen LogP contribution in [0.15, 0.2) is 128 Å². The van der Waals surface area contributed by atoms with Gasteiger partial charge in [-0.3, -0.25) is 0 Å². The number of ether oxygens (including phenoxy) is 2. The molecular formula is C32H27NO4. The van der Waals surface area contributed by atoms with Gasteiger partial charge in [0.05, 0.1) is 0 Å². The molecule has 0 heterocycles. The summed E-state index contributed by atoms with van der Waals surface area (Å²) in [7, 11) is 0. The van der Waals surface area contributed by atoms with Gasteiger partial charge in [0, 0.05) is 29.2 Å². The van der Waals surface area contributed by atoms with E-state index in [0.29, 0.717) is 0 Å². The van der Waals surface area contributed by atoms with E-state index in [1.165, 1.54) is 0 Å². The van der Waals surface area contributed by atoms with Crippen molar-refractivity contribution in [1.29, 1.82) is 0 Å². The third-order valence-corrected chi connectivity index (χ3v) is 5.72. The Hall–Kier alpha value is -4.90. The van der Waals surface area contributed by atoms with Gasteiger partial charge in [-0.25, -0.2) is 9.59 Å². The fraction of sp³-hybridized carbons (Fsp3) is 0.0625. The quantitative estimate of drug-likeness (QED) is 0.173. The van der Waals surface area contributed by atoms with Crippen LogP contribution in [0.5, 0.6) is 0 Å². The van der Waals surface area contributed by atoms with Crippen LogP contribution in [-0.2, 0) is 32.3 Å². The lowest BCUT2D eigenvalue weighted by Gasteiger charge is -2.26. The van der Waals surface area contributed by atoms with Crippen LogP contribution in [0.4, 0.5) is 17.1 Å². The molecule has 0 bridgehead atoms. The lowest BCUT2D eigenvalue weighted by molar-refractivity contribution is -0.139. The van der Waals surface area contributed by atoms with Crippen molar-refractivity contribution in [3.63, 3.8) is 0 Å². The average molecular weight is 490 g/mol. The molecule has 0 saturated carbocycles. The van der Waals surface area contributed by atoms with Crippen molar-refractivity contribution in [1.82, 2.24) is 0 Å². The van der Waals surface area contributed by atoms with Crippen molar-refractivity contribution >= 4 is 29.0 Å². The summed E-state index contributed by atoms with van der Waals surface area (Å²) < 4.78 is 10.3. The lowest BCUT2D eigenvalue weighted by atomic mass is 10.0. The number of nitrogens with zero attached hydrogens (tertiary/aromatic N) is 1. The van der Waals surface area contributed by atoms with E-state index < -0.39 is 11.9 Å². The molecule has 37 heavy (non-hydrogen) atoms. The van der Waals surface area contributed by atoms with E-state index in [-0.39, 0.29) is 13.2 Å². The van der Waals surface area contributed by atoms with Crippen LogP contribution in [0.1, 0.15) is 11.1 Å². The van der Waals surface area contributed by atoms with Gasteiger partial charge in [0.2, 0.25) is 0 Å². The predicted octanol–water partition coefficient (Wildman–Crippen LogP) is 7.28. The molecule has 0 saturated heterocycles. The molecule has 0 atom stereocenters. The minimum absolute atomic E-state index is 0.176. The smallest absolute Gasteiger partial charge is 0.330 e. The van der Waals surface area contributed by atoms with Gasteiger partial charge in [-0.1, -0.05) is 79.9 Å². The minimum Gasteiger partial charge on any atom is -0.458 e. The molecule has 0 aliphatic heterocycles. The number of hydrogen-bond acceptors (Lipinski definition) is 5. The zero-order chi connectivity index (χ0) is 26.0. The van der Waals surface area contributed by atoms with Crippen molar-refractivity contribution in [3.8, 4) is 11.1 Å². The summed E-state index contributed by atoms with van der Waals surface area (Å²) in [6, 6.07) is 34.3. The second kappa shape index (κ2) is 12.2. The number of carbonyl (C=O) groups excluding carboxylic acids is 2. The fourth-order valence-electron chi connectivity index (χ4n) is 3.79. The summed E-state index contributed by atoms with van der Waals surface area (Å²) in [6.07, 6.45) is 2.30. The van der Waals surface area contributed by atoms with Crippen LogP contribution in [0, 0.1) is 0 Å². The van der Waals surface area contributed by atoms with Crippen molar-refractivity contribution in [3.05, 3.63) is 140 Å². The van der Waals surface area contributed by atoms with E-state index >= 15 is 0 Å². The SMILES string of the molecule is C=CC(=O)OCc1ccc(N(c2ccc(COC(=O)C=C)cc2)c2ccc(-c3ccccc3)cc2)cc1. The molecule has 0 aromatic heterocycles. The number of anilines is 3. The predicted molar refractivity (Wildman–Crippen MR) is 147 cm³/mol. The maximum absolute atomic E-state index is 11.4. The van der Waals surface area contributed by atoms with Crippen LogP contribution in [0.2, 0.25) is 0 Å². The number of hydrogen-bond donors (Lipinski definition) is 0. The highest BCUT2D eigenvalue weighted by molar-refractivity contribution is 5.82. The van der Waals surface area contributed by atoms with E-state index in [9.17, 15) is 9.59 Å². The molecule has 184 valence electrons. The van der Waals surface area contributed by atoms with Gasteiger partial charge < -0.3 is 14.4 Å². The van der Waals surface area contributed by atoms with Gasteiger partial charge in [-0.05, 0) is 58.7 Å². The first kappa shape index (κ1) is 25.2. The second-order valence-corrected chi connectivity index (χ2v) is 8.20. The van der Waals surface area contributed by atoms with Crippen LogP contribution in [-0.4, -0.2) is 11.9 Å². The third-order valence-electron chi connectivity index (χ3n) is 5.72. The monoisotopic (exact) mass is 489 g/mol. The largest absolute Gasteiger partial charge is 0.458 e. The Morgan fingerprint density at radius 1 is 0.568 bits per heavy atom. The van der Waals surface area contributed by atoms with Crippen molar-refractivity contribution < 1.29 is 19.1 Å². The van der Waals surface area contributed by atoms with Gasteiger partial charge in [0.1, 0.15) is 13.2 Å². The first-order chi connectivity index (χ1) is 18.1. The normalized spacial score (nSPS) is 10.3. The number of esters is 2. The van der Waals surface area contributed by atoms with E-state index in [0.717, 1.165) is 51.5 Å². The molecule has 4 rings (SSSR count). The zero-order valence-corrected chi connectivity index (χ0v) is 20.4. The summed E-state index contributed by atoms with van der Waals surface area (Å²) >= 11 is 0. The Bertz CT molecular complexity index is 1290. The van der Waals surface area contributed by atoms with E-state index in [4.69, 9.17) is 9.47 Å². The van der Waals surface area contributed by atoms with Crippen molar-refractivity contribution in [2.45, 2.75) is 13.2 Å². The first-order valence-corrected chi connectivity index (χ1v) is 11.8. The molecule has 0 unspecified atom stereocenters. The van der Waals surface area contributed by atoms with Gasteiger partial charge >= 0.3 is 11.9 Å². The number of carbonyl (C=O) groups is 2. The highest BCUT2D eigenvalue weighted by atomic mass is 16.5. The molecule has 0 fully saturated rings. The summed E-state index contributed by atoms with van der Waals surface area (Å²) in [5.74, 6) is -0.911. The third kappa shape index (κ3) is 6.61. The second-order valence-electron chi connectivity index (χ2n) is 8.20. The average Bonchev–Trinajstić information content (AvgIpc) is 2.97. The summed E-state index contributed by atoms with van der Waals surface area (Å²) in [6.45, 7) is 7.20. The Labute approximate surface area is 216 Å². The number of benzene rings is 4. The molecule has 4 aromatic carbocycles. The van der Waals surface area contributed by atoms with E-state index in [1.54, 1.807) is 0 Å². The first-order valence-electron chi connectivity index (χ1n) is 11.8. The zero-order valence-electron chi connectivity index (χ0n) is 20.4. The maximum atomic E-state index is 11.4. The number of rotatable bonds is 10. The molecule has 0 aliphatic carbocycles. The van der Waals surface area contributed by atoms with Gasteiger partial charge in [0.15, 0.2) is 0 Å². The van der Waals surface area contributed by atoms with Crippen LogP contribution in [0.25, 0.3) is 11.1 Å². The van der Waals surface area contributed by atoms with E-state index in [2.05, 4.69) is 54.5 Å². The Balaban J connectivity index is 1.63. The Kier molecular flexibility index (Phi) is 8.29. The molecule has 0 aliphatic rings. The maximum Gasteiger partial charge on any atom is 0.330 e. The molecular weight excluding hydrogens is 462 g/mol. The molecule has 0 N–H and O–H groups in total. The van der Waals surface area contributed by atoms with Crippen LogP contribution in [0.3, 0.4) is 0 Å².